The summed E-state index contributed by atoms with van der Waals surface area (Å²) in [5, 5.41) is 2.69. The highest BCUT2D eigenvalue weighted by molar-refractivity contribution is 14.1. The first-order chi connectivity index (χ1) is 7.39. The minimum Gasteiger partial charge on any atom is -0.398 e. The molecule has 0 unspecified atom stereocenters. The van der Waals surface area contributed by atoms with Crippen LogP contribution in [0.4, 0.5) is 18.9 Å². The van der Waals surface area contributed by atoms with Gasteiger partial charge in [-0.25, -0.2) is 13.2 Å². The van der Waals surface area contributed by atoms with Crippen molar-refractivity contribution in [2.75, 3.05) is 12.3 Å². The number of hydrogen-bond donors (Lipinski definition) is 2. The highest BCUT2D eigenvalue weighted by atomic mass is 127. The molecule has 1 aromatic rings. The number of nitrogens with two attached hydrogens (primary N) is 1. The average Bonchev–Trinajstić information content (AvgIpc) is 2.52. The number of rotatable bonds is 1. The van der Waals surface area contributed by atoms with Crippen molar-refractivity contribution in [3.8, 4) is 0 Å². The van der Waals surface area contributed by atoms with Crippen molar-refractivity contribution in [1.29, 1.82) is 0 Å². The molecule has 1 aliphatic heterocycles. The van der Waals surface area contributed by atoms with E-state index in [1.54, 1.807) is 0 Å². The van der Waals surface area contributed by atoms with Gasteiger partial charge in [-0.15, -0.1) is 0 Å². The minimum absolute atomic E-state index is 0.216. The van der Waals surface area contributed by atoms with Crippen molar-refractivity contribution in [2.45, 2.75) is 18.4 Å². The fourth-order valence-electron chi connectivity index (χ4n) is 1.81. The maximum atomic E-state index is 13.1. The van der Waals surface area contributed by atoms with Gasteiger partial charge in [-0.1, -0.05) is 0 Å². The third-order valence-electron chi connectivity index (χ3n) is 2.61. The van der Waals surface area contributed by atoms with Gasteiger partial charge in [0, 0.05) is 21.7 Å². The van der Waals surface area contributed by atoms with Crippen LogP contribution in [0.25, 0.3) is 0 Å². The Hall–Kier alpha value is -0.500. The maximum Gasteiger partial charge on any atom is 0.262 e. The van der Waals surface area contributed by atoms with Crippen molar-refractivity contribution in [3.63, 3.8) is 0 Å². The monoisotopic (exact) mass is 342 g/mol. The average molecular weight is 342 g/mol. The normalized spacial score (nSPS) is 23.6. The largest absolute Gasteiger partial charge is 0.398 e. The van der Waals surface area contributed by atoms with E-state index in [1.807, 2.05) is 22.6 Å². The molecule has 1 aliphatic rings. The second-order valence-corrected chi connectivity index (χ2v) is 5.05. The van der Waals surface area contributed by atoms with Crippen LogP contribution in [-0.2, 0) is 0 Å². The summed E-state index contributed by atoms with van der Waals surface area (Å²) in [7, 11) is 0. The Bertz CT molecular complexity index is 423. The van der Waals surface area contributed by atoms with Crippen LogP contribution in [0.2, 0.25) is 0 Å². The second-order valence-electron chi connectivity index (χ2n) is 3.89. The molecule has 2 rings (SSSR count). The summed E-state index contributed by atoms with van der Waals surface area (Å²) in [4.78, 5) is 0. The number of nitrogen functional groups attached to an aromatic ring is 1. The molecular weight excluding hydrogens is 332 g/mol. The number of hydrogen-bond acceptors (Lipinski definition) is 2. The molecule has 1 atom stereocenters. The summed E-state index contributed by atoms with van der Waals surface area (Å²) in [6.07, 6.45) is -0.293. The van der Waals surface area contributed by atoms with E-state index < -0.39 is 17.8 Å². The Kier molecular flexibility index (Phi) is 3.04. The van der Waals surface area contributed by atoms with Crippen LogP contribution in [0.1, 0.15) is 18.0 Å². The van der Waals surface area contributed by atoms with E-state index in [1.165, 1.54) is 12.1 Å². The molecule has 1 fully saturated rings. The Morgan fingerprint density at radius 1 is 1.44 bits per heavy atom. The maximum absolute atomic E-state index is 13.1. The van der Waals surface area contributed by atoms with Crippen molar-refractivity contribution in [2.24, 2.45) is 0 Å². The van der Waals surface area contributed by atoms with Gasteiger partial charge in [-0.3, -0.25) is 0 Å². The van der Waals surface area contributed by atoms with Crippen LogP contribution in [0.15, 0.2) is 12.1 Å². The number of halogens is 4. The predicted molar refractivity (Wildman–Crippen MR) is 63.8 cm³/mol. The Morgan fingerprint density at radius 3 is 2.69 bits per heavy atom. The molecule has 1 saturated heterocycles. The first-order valence-electron chi connectivity index (χ1n) is 4.75. The van der Waals surface area contributed by atoms with Gasteiger partial charge in [0.25, 0.3) is 5.92 Å². The van der Waals surface area contributed by atoms with Crippen LogP contribution < -0.4 is 11.1 Å². The second kappa shape index (κ2) is 4.06. The molecular formula is C10H10F3IN2. The van der Waals surface area contributed by atoms with E-state index in [9.17, 15) is 13.2 Å². The lowest BCUT2D eigenvalue weighted by Crippen LogP contribution is -2.19. The molecule has 0 aliphatic carbocycles. The number of benzene rings is 1. The highest BCUT2D eigenvalue weighted by Gasteiger charge is 2.40. The summed E-state index contributed by atoms with van der Waals surface area (Å²) < 4.78 is 39.6. The van der Waals surface area contributed by atoms with E-state index in [2.05, 4.69) is 5.32 Å². The number of alkyl halides is 2. The Morgan fingerprint density at radius 2 is 2.12 bits per heavy atom. The zero-order chi connectivity index (χ0) is 11.9. The topological polar surface area (TPSA) is 38.0 Å². The van der Waals surface area contributed by atoms with E-state index >= 15 is 0 Å². The summed E-state index contributed by atoms with van der Waals surface area (Å²) in [5.41, 5.74) is 6.39. The van der Waals surface area contributed by atoms with Gasteiger partial charge in [0.2, 0.25) is 0 Å². The number of anilines is 1. The lowest BCUT2D eigenvalue weighted by molar-refractivity contribution is 0.0210. The van der Waals surface area contributed by atoms with Gasteiger partial charge in [0.05, 0.1) is 6.54 Å². The van der Waals surface area contributed by atoms with Crippen molar-refractivity contribution in [3.05, 3.63) is 27.1 Å². The zero-order valence-electron chi connectivity index (χ0n) is 8.24. The molecule has 0 amide bonds. The van der Waals surface area contributed by atoms with Crippen molar-refractivity contribution in [1.82, 2.24) is 5.32 Å². The fourth-order valence-corrected chi connectivity index (χ4v) is 2.31. The van der Waals surface area contributed by atoms with Gasteiger partial charge in [0.1, 0.15) is 5.82 Å². The SMILES string of the molecule is Nc1cc(F)c(I)cc1[C@@H]1CC(F)(F)CN1. The van der Waals surface area contributed by atoms with Crippen LogP contribution in [0, 0.1) is 9.39 Å². The molecule has 1 heterocycles. The van der Waals surface area contributed by atoms with E-state index in [-0.39, 0.29) is 18.7 Å². The Labute approximate surface area is 105 Å². The summed E-state index contributed by atoms with van der Waals surface area (Å²) in [6.45, 7) is -0.356. The fraction of sp³-hybridized carbons (Fsp3) is 0.400. The molecule has 88 valence electrons. The molecule has 0 saturated carbocycles. The molecule has 0 bridgehead atoms. The van der Waals surface area contributed by atoms with Gasteiger partial charge in [0.15, 0.2) is 0 Å². The molecule has 0 aromatic heterocycles. The molecule has 0 radical (unpaired) electrons. The van der Waals surface area contributed by atoms with Gasteiger partial charge < -0.3 is 11.1 Å². The van der Waals surface area contributed by atoms with E-state index in [0.717, 1.165) is 0 Å². The quantitative estimate of drug-likeness (QED) is 0.608. The third kappa shape index (κ3) is 2.27. The highest BCUT2D eigenvalue weighted by Crippen LogP contribution is 2.36. The molecule has 2 nitrogen and oxygen atoms in total. The molecule has 16 heavy (non-hydrogen) atoms. The molecule has 1 aromatic carbocycles. The van der Waals surface area contributed by atoms with Crippen LogP contribution >= 0.6 is 22.6 Å². The minimum atomic E-state index is -2.71. The number of nitrogens with one attached hydrogen (secondary N) is 1. The molecule has 3 N–H and O–H groups in total. The lowest BCUT2D eigenvalue weighted by Gasteiger charge is -2.14. The van der Waals surface area contributed by atoms with Crippen molar-refractivity contribution < 1.29 is 13.2 Å². The summed E-state index contributed by atoms with van der Waals surface area (Å²) in [6, 6.07) is 2.20. The van der Waals surface area contributed by atoms with Gasteiger partial charge in [-0.2, -0.15) is 0 Å². The first-order valence-corrected chi connectivity index (χ1v) is 5.82. The standard InChI is InChI=1S/C10H10F3IN2/c11-6-2-8(15)5(1-7(6)14)9-3-10(12,13)4-16-9/h1-2,9,16H,3-4,15H2/t9-/m0/s1. The van der Waals surface area contributed by atoms with Crippen molar-refractivity contribution >= 4 is 28.3 Å². The smallest absolute Gasteiger partial charge is 0.262 e. The summed E-state index contributed by atoms with van der Waals surface area (Å²) >= 11 is 1.82. The van der Waals surface area contributed by atoms with E-state index in [0.29, 0.717) is 9.13 Å². The van der Waals surface area contributed by atoms with Gasteiger partial charge >= 0.3 is 0 Å². The summed E-state index contributed by atoms with van der Waals surface area (Å²) in [5.74, 6) is -3.14. The van der Waals surface area contributed by atoms with Crippen LogP contribution in [0.3, 0.4) is 0 Å². The zero-order valence-corrected chi connectivity index (χ0v) is 10.4. The first kappa shape index (κ1) is 12.0. The van der Waals surface area contributed by atoms with Crippen LogP contribution in [0.5, 0.6) is 0 Å². The molecule has 6 heteroatoms. The molecule has 0 spiro atoms. The third-order valence-corrected chi connectivity index (χ3v) is 3.44. The Balaban J connectivity index is 2.32. The predicted octanol–water partition coefficient (Wildman–Crippen LogP) is 2.68. The van der Waals surface area contributed by atoms with Crippen LogP contribution in [-0.4, -0.2) is 12.5 Å². The van der Waals surface area contributed by atoms with Gasteiger partial charge in [-0.05, 0) is 40.3 Å². The lowest BCUT2D eigenvalue weighted by atomic mass is 10.0. The van der Waals surface area contributed by atoms with E-state index in [4.69, 9.17) is 5.73 Å².